The van der Waals surface area contributed by atoms with Crippen molar-refractivity contribution in [2.45, 2.75) is 37.6 Å². The number of aromatic nitrogens is 2. The van der Waals surface area contributed by atoms with Crippen LogP contribution in [-0.4, -0.2) is 16.2 Å². The lowest BCUT2D eigenvalue weighted by molar-refractivity contribution is 0.248. The van der Waals surface area contributed by atoms with E-state index in [4.69, 9.17) is 0 Å². The molecule has 2 aliphatic carbocycles. The van der Waals surface area contributed by atoms with Crippen molar-refractivity contribution in [3.8, 4) is 0 Å². The quantitative estimate of drug-likeness (QED) is 0.671. The Kier molecular flexibility index (Phi) is 3.26. The van der Waals surface area contributed by atoms with Crippen molar-refractivity contribution < 1.29 is 4.79 Å². The number of hydrogen-bond donors (Lipinski definition) is 3. The zero-order valence-electron chi connectivity index (χ0n) is 13.9. The predicted molar refractivity (Wildman–Crippen MR) is 97.7 cm³/mol. The average molecular weight is 332 g/mol. The monoisotopic (exact) mass is 332 g/mol. The molecule has 2 aromatic carbocycles. The minimum Gasteiger partial charge on any atom is -0.331 e. The molecule has 0 spiro atoms. The van der Waals surface area contributed by atoms with E-state index in [1.807, 2.05) is 18.2 Å². The van der Waals surface area contributed by atoms with Crippen LogP contribution in [0, 0.1) is 0 Å². The molecule has 2 amide bonds. The first-order valence-electron chi connectivity index (χ1n) is 8.91. The Morgan fingerprint density at radius 1 is 1.08 bits per heavy atom. The van der Waals surface area contributed by atoms with Gasteiger partial charge in [-0.3, -0.25) is 5.10 Å². The molecule has 2 aliphatic rings. The number of benzene rings is 2. The molecule has 0 bridgehead atoms. The molecule has 0 radical (unpaired) electrons. The van der Waals surface area contributed by atoms with Crippen molar-refractivity contribution >= 4 is 22.6 Å². The number of urea groups is 1. The number of nitrogens with zero attached hydrogens (tertiary/aromatic N) is 1. The number of anilines is 1. The van der Waals surface area contributed by atoms with Gasteiger partial charge in [-0.2, -0.15) is 5.10 Å². The molecular weight excluding hydrogens is 312 g/mol. The summed E-state index contributed by atoms with van der Waals surface area (Å²) in [5.41, 5.74) is 5.95. The van der Waals surface area contributed by atoms with E-state index >= 15 is 0 Å². The van der Waals surface area contributed by atoms with Crippen molar-refractivity contribution in [3.63, 3.8) is 0 Å². The maximum absolute atomic E-state index is 12.5. The lowest BCUT2D eigenvalue weighted by Crippen LogP contribution is -2.31. The standard InChI is InChI=1S/C20H20N4O/c25-20(22-17-5-2-6-19-16(17)11-21-24-19)23-18-10-9-14-13(12-7-8-12)3-1-4-15(14)18/h1-6,11-12,18H,7-10H2,(H,21,24)(H2,22,23,25). The second kappa shape index (κ2) is 5.62. The van der Waals surface area contributed by atoms with Crippen LogP contribution in [0.1, 0.15) is 47.9 Å². The Labute approximate surface area is 145 Å². The Balaban J connectivity index is 1.34. The van der Waals surface area contributed by atoms with Crippen molar-refractivity contribution in [2.24, 2.45) is 0 Å². The van der Waals surface area contributed by atoms with Crippen LogP contribution in [-0.2, 0) is 6.42 Å². The van der Waals surface area contributed by atoms with E-state index in [9.17, 15) is 4.79 Å². The van der Waals surface area contributed by atoms with Crippen molar-refractivity contribution in [2.75, 3.05) is 5.32 Å². The summed E-state index contributed by atoms with van der Waals surface area (Å²) in [5.74, 6) is 0.751. The molecule has 5 heteroatoms. The first-order valence-corrected chi connectivity index (χ1v) is 8.91. The van der Waals surface area contributed by atoms with Gasteiger partial charge >= 0.3 is 6.03 Å². The van der Waals surface area contributed by atoms with Crippen LogP contribution in [0.4, 0.5) is 10.5 Å². The summed E-state index contributed by atoms with van der Waals surface area (Å²) in [6.45, 7) is 0. The molecule has 1 atom stereocenters. The largest absolute Gasteiger partial charge is 0.331 e. The number of aromatic amines is 1. The third-order valence-corrected chi connectivity index (χ3v) is 5.36. The maximum Gasteiger partial charge on any atom is 0.319 e. The number of hydrogen-bond acceptors (Lipinski definition) is 2. The van der Waals surface area contributed by atoms with Crippen LogP contribution < -0.4 is 10.6 Å². The van der Waals surface area contributed by atoms with Gasteiger partial charge in [0.15, 0.2) is 0 Å². The number of rotatable bonds is 3. The van der Waals surface area contributed by atoms with Gasteiger partial charge in [-0.25, -0.2) is 4.79 Å². The second-order valence-electron chi connectivity index (χ2n) is 7.02. The van der Waals surface area contributed by atoms with Gasteiger partial charge in [-0.15, -0.1) is 0 Å². The summed E-state index contributed by atoms with van der Waals surface area (Å²) in [7, 11) is 0. The number of fused-ring (bicyclic) bond motifs is 2. The van der Waals surface area contributed by atoms with Crippen LogP contribution in [0.3, 0.4) is 0 Å². The number of carbonyl (C=O) groups excluding carboxylic acids is 1. The minimum absolute atomic E-state index is 0.0947. The Bertz CT molecular complexity index is 957. The van der Waals surface area contributed by atoms with Crippen LogP contribution >= 0.6 is 0 Å². The van der Waals surface area contributed by atoms with E-state index in [1.165, 1.54) is 29.5 Å². The Morgan fingerprint density at radius 3 is 2.80 bits per heavy atom. The fraction of sp³-hybridized carbons (Fsp3) is 0.300. The molecule has 5 rings (SSSR count). The molecule has 1 aromatic heterocycles. The van der Waals surface area contributed by atoms with Crippen molar-refractivity contribution in [3.05, 3.63) is 59.3 Å². The molecule has 3 aromatic rings. The highest BCUT2D eigenvalue weighted by atomic mass is 16.2. The molecule has 1 fully saturated rings. The van der Waals surface area contributed by atoms with Crippen LogP contribution in [0.15, 0.2) is 42.6 Å². The van der Waals surface area contributed by atoms with Gasteiger partial charge in [0.2, 0.25) is 0 Å². The molecule has 1 unspecified atom stereocenters. The minimum atomic E-state index is -0.164. The molecule has 126 valence electrons. The van der Waals surface area contributed by atoms with E-state index in [1.54, 1.807) is 6.20 Å². The molecular formula is C20H20N4O. The first kappa shape index (κ1) is 14.5. The first-order chi connectivity index (χ1) is 12.3. The molecule has 0 saturated heterocycles. The van der Waals surface area contributed by atoms with E-state index in [0.29, 0.717) is 0 Å². The predicted octanol–water partition coefficient (Wildman–Crippen LogP) is 4.25. The van der Waals surface area contributed by atoms with E-state index in [0.717, 1.165) is 35.3 Å². The lowest BCUT2D eigenvalue weighted by Gasteiger charge is -2.16. The summed E-state index contributed by atoms with van der Waals surface area (Å²) in [6.07, 6.45) is 6.39. The average Bonchev–Trinajstić information content (AvgIpc) is 3.20. The summed E-state index contributed by atoms with van der Waals surface area (Å²) >= 11 is 0. The summed E-state index contributed by atoms with van der Waals surface area (Å²) in [4.78, 5) is 12.5. The van der Waals surface area contributed by atoms with E-state index in [-0.39, 0.29) is 12.1 Å². The molecule has 1 heterocycles. The zero-order chi connectivity index (χ0) is 16.8. The number of nitrogens with one attached hydrogen (secondary N) is 3. The summed E-state index contributed by atoms with van der Waals surface area (Å²) < 4.78 is 0. The zero-order valence-corrected chi connectivity index (χ0v) is 13.9. The van der Waals surface area contributed by atoms with Gasteiger partial charge in [0.05, 0.1) is 23.4 Å². The van der Waals surface area contributed by atoms with E-state index in [2.05, 4.69) is 39.0 Å². The van der Waals surface area contributed by atoms with Gasteiger partial charge in [0.25, 0.3) is 0 Å². The number of amides is 2. The van der Waals surface area contributed by atoms with Crippen LogP contribution in [0.5, 0.6) is 0 Å². The SMILES string of the molecule is O=C(Nc1cccc2[nH]ncc12)NC1CCc2c(C3CC3)cccc21. The van der Waals surface area contributed by atoms with Crippen molar-refractivity contribution in [1.82, 2.24) is 15.5 Å². The molecule has 5 nitrogen and oxygen atoms in total. The normalized spacial score (nSPS) is 19.0. The van der Waals surface area contributed by atoms with Gasteiger partial charge in [0.1, 0.15) is 0 Å². The fourth-order valence-electron chi connectivity index (χ4n) is 4.00. The Morgan fingerprint density at radius 2 is 1.92 bits per heavy atom. The highest BCUT2D eigenvalue weighted by Gasteiger charge is 2.31. The Hall–Kier alpha value is -2.82. The number of H-pyrrole nitrogens is 1. The topological polar surface area (TPSA) is 69.8 Å². The maximum atomic E-state index is 12.5. The lowest BCUT2D eigenvalue weighted by atomic mass is 9.99. The summed E-state index contributed by atoms with van der Waals surface area (Å²) in [6, 6.07) is 12.2. The van der Waals surface area contributed by atoms with E-state index < -0.39 is 0 Å². The molecule has 25 heavy (non-hydrogen) atoms. The second-order valence-corrected chi connectivity index (χ2v) is 7.02. The van der Waals surface area contributed by atoms with Gasteiger partial charge in [-0.05, 0) is 60.4 Å². The van der Waals surface area contributed by atoms with Crippen LogP contribution in [0.2, 0.25) is 0 Å². The van der Waals surface area contributed by atoms with Crippen LogP contribution in [0.25, 0.3) is 10.9 Å². The highest BCUT2D eigenvalue weighted by molar-refractivity contribution is 6.00. The third-order valence-electron chi connectivity index (χ3n) is 5.36. The van der Waals surface area contributed by atoms with Gasteiger partial charge in [0, 0.05) is 5.39 Å². The highest BCUT2D eigenvalue weighted by Crippen LogP contribution is 2.45. The van der Waals surface area contributed by atoms with Gasteiger partial charge < -0.3 is 10.6 Å². The molecule has 1 saturated carbocycles. The number of carbonyl (C=O) groups is 1. The molecule has 0 aliphatic heterocycles. The smallest absolute Gasteiger partial charge is 0.319 e. The van der Waals surface area contributed by atoms with Crippen molar-refractivity contribution in [1.29, 1.82) is 0 Å². The fourth-order valence-corrected chi connectivity index (χ4v) is 4.00. The van der Waals surface area contributed by atoms with Gasteiger partial charge in [-0.1, -0.05) is 24.3 Å². The molecule has 3 N–H and O–H groups in total. The third kappa shape index (κ3) is 2.56. The summed E-state index contributed by atoms with van der Waals surface area (Å²) in [5, 5.41) is 14.0.